The molecule has 1 spiro atoms. The third-order valence-electron chi connectivity index (χ3n) is 11.7. The zero-order valence-corrected chi connectivity index (χ0v) is 28.5. The van der Waals surface area contributed by atoms with Gasteiger partial charge in [0.15, 0.2) is 17.3 Å². The second-order valence-electron chi connectivity index (χ2n) is 14.2. The Kier molecular flexibility index (Phi) is 7.36. The predicted octanol–water partition coefficient (Wildman–Crippen LogP) is 4.49. The molecule has 2 saturated carbocycles. The Morgan fingerprint density at radius 2 is 2.02 bits per heavy atom. The van der Waals surface area contributed by atoms with Crippen molar-refractivity contribution >= 4 is 40.5 Å². The number of benzene rings is 1. The van der Waals surface area contributed by atoms with E-state index in [9.17, 15) is 32.7 Å². The molecule has 3 aromatic heterocycles. The molecule has 3 fully saturated rings. The maximum absolute atomic E-state index is 14.7. The maximum atomic E-state index is 14.7. The number of nitrogens with one attached hydrogen (secondary N) is 1. The van der Waals surface area contributed by atoms with Crippen LogP contribution in [0.5, 0.6) is 5.75 Å². The number of alkyl halides is 3. The quantitative estimate of drug-likeness (QED) is 0.302. The van der Waals surface area contributed by atoms with Crippen molar-refractivity contribution in [3.05, 3.63) is 80.0 Å². The highest BCUT2D eigenvalue weighted by Gasteiger charge is 2.70. The number of aromatic nitrogens is 6. The van der Waals surface area contributed by atoms with Crippen LogP contribution in [0.15, 0.2) is 35.4 Å². The summed E-state index contributed by atoms with van der Waals surface area (Å²) < 4.78 is 48.3. The summed E-state index contributed by atoms with van der Waals surface area (Å²) in [6.07, 6.45) is 1.86. The summed E-state index contributed by atoms with van der Waals surface area (Å²) in [7, 11) is 0. The van der Waals surface area contributed by atoms with E-state index in [4.69, 9.17) is 21.3 Å². The first-order valence-corrected chi connectivity index (χ1v) is 17.6. The maximum Gasteiger partial charge on any atom is 0.416 e. The van der Waals surface area contributed by atoms with Gasteiger partial charge in [0.1, 0.15) is 12.9 Å². The smallest absolute Gasteiger partial charge is 0.416 e. The largest absolute Gasteiger partial charge is 0.504 e. The number of halogens is 4. The highest BCUT2D eigenvalue weighted by Crippen LogP contribution is 2.72. The Balaban J connectivity index is 1.12. The van der Waals surface area contributed by atoms with Gasteiger partial charge in [0.25, 0.3) is 11.5 Å². The number of aromatic hydroxyl groups is 1. The van der Waals surface area contributed by atoms with Crippen LogP contribution in [0.3, 0.4) is 0 Å². The lowest BCUT2D eigenvalue weighted by Crippen LogP contribution is -2.64. The van der Waals surface area contributed by atoms with Gasteiger partial charge in [0, 0.05) is 35.2 Å². The summed E-state index contributed by atoms with van der Waals surface area (Å²) in [6.45, 7) is 2.49. The number of piperidine rings is 1. The van der Waals surface area contributed by atoms with Gasteiger partial charge in [0.05, 0.1) is 35.2 Å². The van der Waals surface area contributed by atoms with Gasteiger partial charge in [-0.1, -0.05) is 17.7 Å². The summed E-state index contributed by atoms with van der Waals surface area (Å²) in [6, 6.07) is 2.54. The average molecular weight is 737 g/mol. The molecule has 3 aliphatic carbocycles. The van der Waals surface area contributed by atoms with Crippen molar-refractivity contribution < 1.29 is 32.6 Å². The van der Waals surface area contributed by atoms with Gasteiger partial charge in [-0.25, -0.2) is 9.97 Å². The lowest BCUT2D eigenvalue weighted by Gasteiger charge is -2.58. The number of hydrogen-bond donors (Lipinski definition) is 2. The van der Waals surface area contributed by atoms with Crippen LogP contribution >= 0.6 is 11.6 Å². The van der Waals surface area contributed by atoms with E-state index >= 15 is 0 Å². The summed E-state index contributed by atoms with van der Waals surface area (Å²) in [4.78, 5) is 56.8. The van der Waals surface area contributed by atoms with Gasteiger partial charge in [-0.05, 0) is 74.6 Å². The second kappa shape index (κ2) is 11.6. The Morgan fingerprint density at radius 3 is 2.73 bits per heavy atom. The molecule has 17 heteroatoms. The van der Waals surface area contributed by atoms with Crippen LogP contribution in [0.4, 0.5) is 18.9 Å². The van der Waals surface area contributed by atoms with Crippen molar-refractivity contribution in [2.45, 2.75) is 69.1 Å². The Hall–Kier alpha value is -4.83. The van der Waals surface area contributed by atoms with E-state index in [1.807, 2.05) is 6.08 Å². The van der Waals surface area contributed by atoms with E-state index < -0.39 is 23.1 Å². The number of fused-ring (bicyclic) bond motifs is 8. The van der Waals surface area contributed by atoms with Crippen molar-refractivity contribution in [2.75, 3.05) is 25.1 Å². The minimum absolute atomic E-state index is 0.0166. The molecule has 0 bridgehead atoms. The van der Waals surface area contributed by atoms with Gasteiger partial charge >= 0.3 is 6.18 Å². The molecule has 270 valence electrons. The molecule has 5 atom stereocenters. The van der Waals surface area contributed by atoms with E-state index in [2.05, 4.69) is 20.4 Å². The number of carbonyl (C=O) groups excluding carboxylic acids is 2. The number of likely N-dealkylation sites (tertiary alicyclic amines) is 1. The predicted molar refractivity (Wildman–Crippen MR) is 179 cm³/mol. The van der Waals surface area contributed by atoms with Crippen molar-refractivity contribution in [3.8, 4) is 5.75 Å². The van der Waals surface area contributed by atoms with E-state index in [-0.39, 0.29) is 69.7 Å². The molecule has 9 rings (SSSR count). The summed E-state index contributed by atoms with van der Waals surface area (Å²) in [5.41, 5.74) is 0.565. The monoisotopic (exact) mass is 736 g/mol. The molecule has 4 aromatic rings. The highest BCUT2D eigenvalue weighted by molar-refractivity contribution is 6.33. The van der Waals surface area contributed by atoms with Gasteiger partial charge in [0.2, 0.25) is 11.7 Å². The average Bonchev–Trinajstić information content (AvgIpc) is 3.68. The fourth-order valence-corrected chi connectivity index (χ4v) is 9.42. The fraction of sp³-hybridized carbons (Fsp3) is 0.457. The van der Waals surface area contributed by atoms with Crippen LogP contribution in [0.25, 0.3) is 11.4 Å². The number of anilines is 1. The van der Waals surface area contributed by atoms with Crippen molar-refractivity contribution in [1.29, 1.82) is 0 Å². The zero-order valence-electron chi connectivity index (χ0n) is 27.8. The number of hydrogen-bond acceptors (Lipinski definition) is 9. The molecule has 2 amide bonds. The molecule has 2 aliphatic heterocycles. The standard InChI is InChI=1S/C35H32ClF3N8O5/c1-16-29(49)27(41-15-40-16)32(51)45-9-8-34(20-3-5-24(20)45)21-13-19(21)28-26(34)31(50)47-33(43-30(44-47)17-6-10-52-11-7-17)46(28)14-25(48)42-23-4-2-18(12-22(23)36)35(37,38)39/h2,4,6,12,15,19-21,24,49H,3,5,7-11,13-14H2,1H3,(H,42,48)/t19-,20+,21+,24-,34+/m0/s1. The number of carbonyl (C=O) groups is 2. The number of aryl methyl sites for hydroxylation is 1. The lowest BCUT2D eigenvalue weighted by molar-refractivity contribution is -0.137. The molecule has 0 unspecified atom stereocenters. The normalized spacial score (nSPS) is 26.0. The molecular weight excluding hydrogens is 705 g/mol. The first-order valence-electron chi connectivity index (χ1n) is 17.2. The zero-order chi connectivity index (χ0) is 36.3. The van der Waals surface area contributed by atoms with E-state index in [0.29, 0.717) is 55.4 Å². The van der Waals surface area contributed by atoms with Crippen LogP contribution in [-0.2, 0) is 27.7 Å². The Labute approximate surface area is 298 Å². The SMILES string of the molecule is Cc1ncnc(C(=O)N2CC[C@@]3(c4c(n(CC(=O)Nc5ccc(C(F)(F)F)cc5Cl)c5nc(C6=CCOCC6)nn5c4=O)[C@H]4C[C@H]43)[C@@H]3CC[C@@H]32)c1O. The first-order chi connectivity index (χ1) is 24.9. The highest BCUT2D eigenvalue weighted by atomic mass is 35.5. The van der Waals surface area contributed by atoms with Crippen LogP contribution in [0.2, 0.25) is 5.02 Å². The number of ether oxygens (including phenoxy) is 1. The lowest BCUT2D eigenvalue weighted by atomic mass is 9.54. The molecular formula is C35H32ClF3N8O5. The molecule has 1 aromatic carbocycles. The fourth-order valence-electron chi connectivity index (χ4n) is 9.19. The molecule has 5 heterocycles. The van der Waals surface area contributed by atoms with Crippen LogP contribution in [0, 0.1) is 18.8 Å². The van der Waals surface area contributed by atoms with E-state index in [1.165, 1.54) is 10.8 Å². The minimum Gasteiger partial charge on any atom is -0.504 e. The minimum atomic E-state index is -4.60. The Morgan fingerprint density at radius 1 is 1.19 bits per heavy atom. The first kappa shape index (κ1) is 33.0. The number of nitrogens with zero attached hydrogens (tertiary/aromatic N) is 7. The summed E-state index contributed by atoms with van der Waals surface area (Å²) in [5.74, 6) is -0.624. The molecule has 1 saturated heterocycles. The number of rotatable bonds is 5. The van der Waals surface area contributed by atoms with Gasteiger partial charge in [-0.15, -0.1) is 5.10 Å². The van der Waals surface area contributed by atoms with Gasteiger partial charge in [-0.3, -0.25) is 14.4 Å². The van der Waals surface area contributed by atoms with Crippen molar-refractivity contribution in [3.63, 3.8) is 0 Å². The second-order valence-corrected chi connectivity index (χ2v) is 14.6. The van der Waals surface area contributed by atoms with Gasteiger partial charge < -0.3 is 24.6 Å². The molecule has 52 heavy (non-hydrogen) atoms. The molecule has 13 nitrogen and oxygen atoms in total. The summed E-state index contributed by atoms with van der Waals surface area (Å²) >= 11 is 6.18. The molecule has 2 N–H and O–H groups in total. The molecule has 0 radical (unpaired) electrons. The van der Waals surface area contributed by atoms with Crippen LogP contribution < -0.4 is 10.9 Å². The van der Waals surface area contributed by atoms with Crippen LogP contribution in [-0.4, -0.2) is 76.8 Å². The van der Waals surface area contributed by atoms with Gasteiger partial charge in [-0.2, -0.15) is 22.7 Å². The third kappa shape index (κ3) is 4.82. The van der Waals surface area contributed by atoms with Crippen molar-refractivity contribution in [2.24, 2.45) is 11.8 Å². The Bertz CT molecular complexity index is 2310. The summed E-state index contributed by atoms with van der Waals surface area (Å²) in [5, 5.41) is 17.7. The van der Waals surface area contributed by atoms with E-state index in [1.54, 1.807) is 16.4 Å². The third-order valence-corrected chi connectivity index (χ3v) is 12.0. The number of amides is 2. The van der Waals surface area contributed by atoms with Crippen molar-refractivity contribution in [1.82, 2.24) is 34.0 Å². The molecule has 5 aliphatic rings. The van der Waals surface area contributed by atoms with E-state index in [0.717, 1.165) is 43.0 Å². The van der Waals surface area contributed by atoms with Crippen LogP contribution in [0.1, 0.15) is 76.8 Å². The topological polar surface area (TPSA) is 157 Å².